The number of pyridine rings is 1. The SMILES string of the molecule is CCNC(CCc1cccnc1)CC1CC2CCC1C2. The van der Waals surface area contributed by atoms with Crippen molar-refractivity contribution in [2.24, 2.45) is 17.8 Å². The van der Waals surface area contributed by atoms with E-state index >= 15 is 0 Å². The largest absolute Gasteiger partial charge is 0.314 e. The van der Waals surface area contributed by atoms with Crippen LogP contribution in [0.25, 0.3) is 0 Å². The van der Waals surface area contributed by atoms with Crippen molar-refractivity contribution < 1.29 is 0 Å². The van der Waals surface area contributed by atoms with Crippen molar-refractivity contribution in [1.29, 1.82) is 0 Å². The van der Waals surface area contributed by atoms with Crippen molar-refractivity contribution in [3.8, 4) is 0 Å². The number of hydrogen-bond acceptors (Lipinski definition) is 2. The minimum absolute atomic E-state index is 0.699. The third-order valence-corrected chi connectivity index (χ3v) is 5.47. The summed E-state index contributed by atoms with van der Waals surface area (Å²) >= 11 is 0. The molecule has 2 fully saturated rings. The Bertz CT molecular complexity index is 403. The summed E-state index contributed by atoms with van der Waals surface area (Å²) in [6.45, 7) is 3.33. The van der Waals surface area contributed by atoms with Gasteiger partial charge in [0.15, 0.2) is 0 Å². The fraction of sp³-hybridized carbons (Fsp3) is 0.722. The molecule has 2 heteroatoms. The molecular formula is C18H28N2. The van der Waals surface area contributed by atoms with Gasteiger partial charge in [-0.1, -0.05) is 19.4 Å². The molecule has 2 saturated carbocycles. The van der Waals surface area contributed by atoms with Gasteiger partial charge in [-0.05, 0) is 74.5 Å². The van der Waals surface area contributed by atoms with E-state index in [1.807, 2.05) is 18.5 Å². The smallest absolute Gasteiger partial charge is 0.0299 e. The van der Waals surface area contributed by atoms with Crippen molar-refractivity contribution in [3.05, 3.63) is 30.1 Å². The zero-order chi connectivity index (χ0) is 13.8. The highest BCUT2D eigenvalue weighted by Crippen LogP contribution is 2.50. The second kappa shape index (κ2) is 6.71. The first-order valence-electron chi connectivity index (χ1n) is 8.47. The zero-order valence-corrected chi connectivity index (χ0v) is 12.7. The maximum atomic E-state index is 4.22. The molecule has 0 spiro atoms. The van der Waals surface area contributed by atoms with E-state index in [-0.39, 0.29) is 0 Å². The number of hydrogen-bond donors (Lipinski definition) is 1. The van der Waals surface area contributed by atoms with Crippen molar-refractivity contribution in [1.82, 2.24) is 10.3 Å². The van der Waals surface area contributed by atoms with Gasteiger partial charge in [0.2, 0.25) is 0 Å². The van der Waals surface area contributed by atoms with Crippen molar-refractivity contribution in [2.45, 2.75) is 57.9 Å². The highest BCUT2D eigenvalue weighted by molar-refractivity contribution is 5.08. The van der Waals surface area contributed by atoms with Gasteiger partial charge in [0.05, 0.1) is 0 Å². The van der Waals surface area contributed by atoms with Gasteiger partial charge >= 0.3 is 0 Å². The molecule has 2 bridgehead atoms. The normalized spacial score (nSPS) is 29.8. The number of fused-ring (bicyclic) bond motifs is 2. The minimum Gasteiger partial charge on any atom is -0.314 e. The number of aromatic nitrogens is 1. The fourth-order valence-corrected chi connectivity index (χ4v) is 4.51. The summed E-state index contributed by atoms with van der Waals surface area (Å²) in [6, 6.07) is 4.95. The van der Waals surface area contributed by atoms with E-state index in [1.165, 1.54) is 44.1 Å². The minimum atomic E-state index is 0.699. The van der Waals surface area contributed by atoms with Crippen LogP contribution in [0.15, 0.2) is 24.5 Å². The Morgan fingerprint density at radius 3 is 2.95 bits per heavy atom. The number of nitrogens with one attached hydrogen (secondary N) is 1. The van der Waals surface area contributed by atoms with E-state index in [0.29, 0.717) is 6.04 Å². The number of aryl methyl sites for hydroxylation is 1. The average Bonchev–Trinajstić information content (AvgIpc) is 3.09. The van der Waals surface area contributed by atoms with Gasteiger partial charge in [0, 0.05) is 18.4 Å². The van der Waals surface area contributed by atoms with Crippen LogP contribution in [0.3, 0.4) is 0 Å². The van der Waals surface area contributed by atoms with Crippen LogP contribution in [0.5, 0.6) is 0 Å². The third kappa shape index (κ3) is 3.41. The summed E-state index contributed by atoms with van der Waals surface area (Å²) in [5.41, 5.74) is 1.38. The molecule has 1 heterocycles. The van der Waals surface area contributed by atoms with Crippen LogP contribution >= 0.6 is 0 Å². The molecule has 2 nitrogen and oxygen atoms in total. The molecule has 4 unspecified atom stereocenters. The molecule has 1 aromatic rings. The van der Waals surface area contributed by atoms with Crippen LogP contribution in [0.4, 0.5) is 0 Å². The quantitative estimate of drug-likeness (QED) is 0.816. The summed E-state index contributed by atoms with van der Waals surface area (Å²) in [7, 11) is 0. The van der Waals surface area contributed by atoms with Gasteiger partial charge in [-0.3, -0.25) is 4.98 Å². The van der Waals surface area contributed by atoms with Gasteiger partial charge in [-0.25, -0.2) is 0 Å². The fourth-order valence-electron chi connectivity index (χ4n) is 4.51. The van der Waals surface area contributed by atoms with E-state index in [2.05, 4.69) is 23.3 Å². The molecule has 1 aromatic heterocycles. The van der Waals surface area contributed by atoms with Crippen LogP contribution in [-0.4, -0.2) is 17.6 Å². The average molecular weight is 272 g/mol. The monoisotopic (exact) mass is 272 g/mol. The van der Waals surface area contributed by atoms with E-state index in [0.717, 1.165) is 30.7 Å². The van der Waals surface area contributed by atoms with Crippen LogP contribution in [-0.2, 0) is 6.42 Å². The highest BCUT2D eigenvalue weighted by Gasteiger charge is 2.39. The van der Waals surface area contributed by atoms with Crippen molar-refractivity contribution >= 4 is 0 Å². The Morgan fingerprint density at radius 2 is 2.30 bits per heavy atom. The zero-order valence-electron chi connectivity index (χ0n) is 12.7. The van der Waals surface area contributed by atoms with Gasteiger partial charge in [0.1, 0.15) is 0 Å². The summed E-state index contributed by atoms with van der Waals surface area (Å²) in [5.74, 6) is 3.14. The van der Waals surface area contributed by atoms with Crippen molar-refractivity contribution in [3.63, 3.8) is 0 Å². The van der Waals surface area contributed by atoms with Crippen LogP contribution < -0.4 is 5.32 Å². The van der Waals surface area contributed by atoms with Crippen LogP contribution in [0, 0.1) is 17.8 Å². The van der Waals surface area contributed by atoms with Gasteiger partial charge in [-0.15, -0.1) is 0 Å². The number of nitrogens with zero attached hydrogens (tertiary/aromatic N) is 1. The second-order valence-corrected chi connectivity index (χ2v) is 6.83. The molecule has 4 atom stereocenters. The predicted molar refractivity (Wildman–Crippen MR) is 83.6 cm³/mol. The molecule has 0 amide bonds. The van der Waals surface area contributed by atoms with Gasteiger partial charge in [-0.2, -0.15) is 0 Å². The lowest BCUT2D eigenvalue weighted by molar-refractivity contribution is 0.273. The first-order chi connectivity index (χ1) is 9.85. The molecule has 2 aliphatic rings. The van der Waals surface area contributed by atoms with E-state index in [4.69, 9.17) is 0 Å². The van der Waals surface area contributed by atoms with Crippen LogP contribution in [0.1, 0.15) is 51.0 Å². The Labute approximate surface area is 123 Å². The summed E-state index contributed by atoms with van der Waals surface area (Å²) in [5, 5.41) is 3.72. The predicted octanol–water partition coefficient (Wildman–Crippen LogP) is 3.82. The van der Waals surface area contributed by atoms with E-state index in [1.54, 1.807) is 0 Å². The Hall–Kier alpha value is -0.890. The molecule has 0 radical (unpaired) electrons. The topological polar surface area (TPSA) is 24.9 Å². The molecule has 0 saturated heterocycles. The van der Waals surface area contributed by atoms with Crippen molar-refractivity contribution in [2.75, 3.05) is 6.54 Å². The Morgan fingerprint density at radius 1 is 1.35 bits per heavy atom. The molecule has 2 aliphatic carbocycles. The van der Waals surface area contributed by atoms with Crippen LogP contribution in [0.2, 0.25) is 0 Å². The standard InChI is InChI=1S/C18H28N2/c1-2-20-18(8-6-14-4-3-9-19-13-14)12-17-11-15-5-7-16(17)10-15/h3-4,9,13,15-18,20H,2,5-8,10-12H2,1H3. The molecule has 0 aliphatic heterocycles. The lowest BCUT2D eigenvalue weighted by Crippen LogP contribution is -2.32. The molecule has 0 aromatic carbocycles. The van der Waals surface area contributed by atoms with Gasteiger partial charge in [0.25, 0.3) is 0 Å². The highest BCUT2D eigenvalue weighted by atomic mass is 14.9. The molecule has 3 rings (SSSR count). The van der Waals surface area contributed by atoms with E-state index < -0.39 is 0 Å². The Balaban J connectivity index is 1.50. The first kappa shape index (κ1) is 14.1. The lowest BCUT2D eigenvalue weighted by Gasteiger charge is -2.27. The summed E-state index contributed by atoms with van der Waals surface area (Å²) in [6.07, 6.45) is 13.8. The summed E-state index contributed by atoms with van der Waals surface area (Å²) < 4.78 is 0. The number of rotatable bonds is 7. The molecule has 1 N–H and O–H groups in total. The summed E-state index contributed by atoms with van der Waals surface area (Å²) in [4.78, 5) is 4.22. The maximum absolute atomic E-state index is 4.22. The Kier molecular flexibility index (Phi) is 4.72. The van der Waals surface area contributed by atoms with E-state index in [9.17, 15) is 0 Å². The maximum Gasteiger partial charge on any atom is 0.0299 e. The lowest BCUT2D eigenvalue weighted by atomic mass is 9.83. The molecule has 110 valence electrons. The first-order valence-corrected chi connectivity index (χ1v) is 8.47. The third-order valence-electron chi connectivity index (χ3n) is 5.47. The second-order valence-electron chi connectivity index (χ2n) is 6.83. The molecule has 20 heavy (non-hydrogen) atoms. The van der Waals surface area contributed by atoms with Gasteiger partial charge < -0.3 is 5.32 Å². The molecular weight excluding hydrogens is 244 g/mol.